The van der Waals surface area contributed by atoms with Crippen molar-refractivity contribution in [3.8, 4) is 17.1 Å². The first-order valence-electron chi connectivity index (χ1n) is 12.3. The number of likely N-dealkylation sites (N-methyl/N-ethyl adjacent to an activating group) is 1. The van der Waals surface area contributed by atoms with E-state index < -0.39 is 6.10 Å². The Balaban J connectivity index is 1.43. The van der Waals surface area contributed by atoms with Gasteiger partial charge in [0.15, 0.2) is 5.82 Å². The highest BCUT2D eigenvalue weighted by atomic mass is 16.5. The third kappa shape index (κ3) is 5.12. The Kier molecular flexibility index (Phi) is 7.15. The van der Waals surface area contributed by atoms with Crippen molar-refractivity contribution in [2.75, 3.05) is 69.8 Å². The summed E-state index contributed by atoms with van der Waals surface area (Å²) in [6, 6.07) is 8.07. The molecule has 0 spiro atoms. The highest BCUT2D eigenvalue weighted by Gasteiger charge is 2.37. The number of nitrogens with one attached hydrogen (secondary N) is 3. The Morgan fingerprint density at radius 3 is 2.82 bits per heavy atom. The van der Waals surface area contributed by atoms with Crippen LogP contribution in [0.5, 0.6) is 5.75 Å². The Morgan fingerprint density at radius 2 is 2.09 bits per heavy atom. The minimum Gasteiger partial charge on any atom is -0.491 e. The van der Waals surface area contributed by atoms with Crippen LogP contribution in [0.25, 0.3) is 11.4 Å². The van der Waals surface area contributed by atoms with Gasteiger partial charge >= 0.3 is 0 Å². The maximum atomic E-state index is 9.98. The standard InChI is InChI=1S/C25H36N6O3/c1-16-23(28-20-6-7-33-14-20)29-24(30-25(16)31-12-18-9-27-10-19(18)13-31)17-4-3-5-22(8-17)34-15-21(32)11-26-2/h3-5,8,18-21,26-27,32H,6-7,9-15H2,1-2H3,(H,28,29,30)/t18-,19+,20-,21?/m1/s1. The molecule has 3 fully saturated rings. The molecule has 3 saturated heterocycles. The molecule has 9 nitrogen and oxygen atoms in total. The number of fused-ring (bicyclic) bond motifs is 1. The number of aliphatic hydroxyl groups excluding tert-OH is 1. The number of rotatable bonds is 9. The lowest BCUT2D eigenvalue weighted by atomic mass is 10.0. The van der Waals surface area contributed by atoms with E-state index in [1.54, 1.807) is 0 Å². The second-order valence-corrected chi connectivity index (χ2v) is 9.68. The SMILES string of the molecule is CNCC(O)COc1cccc(-c2nc(N[C@@H]3CCOC3)c(C)c(N3C[C@H]4CNC[C@H]4C3)n2)c1. The van der Waals surface area contributed by atoms with Gasteiger partial charge in [0.2, 0.25) is 0 Å². The summed E-state index contributed by atoms with van der Waals surface area (Å²) in [5, 5.41) is 20.1. The van der Waals surface area contributed by atoms with E-state index in [0.29, 0.717) is 36.6 Å². The molecule has 0 amide bonds. The highest BCUT2D eigenvalue weighted by Crippen LogP contribution is 2.35. The van der Waals surface area contributed by atoms with Crippen LogP contribution >= 0.6 is 0 Å². The molecule has 0 saturated carbocycles. The van der Waals surface area contributed by atoms with Crippen molar-refractivity contribution in [2.24, 2.45) is 11.8 Å². The molecule has 0 aliphatic carbocycles. The number of ether oxygens (including phenoxy) is 2. The zero-order valence-electron chi connectivity index (χ0n) is 20.1. The number of aliphatic hydroxyl groups is 1. The van der Waals surface area contributed by atoms with Crippen LogP contribution in [0.15, 0.2) is 24.3 Å². The van der Waals surface area contributed by atoms with Gasteiger partial charge in [-0.15, -0.1) is 0 Å². The molecule has 4 atom stereocenters. The summed E-state index contributed by atoms with van der Waals surface area (Å²) in [6.07, 6.45) is 0.413. The van der Waals surface area contributed by atoms with Crippen LogP contribution < -0.4 is 25.6 Å². The first-order chi connectivity index (χ1) is 16.6. The van der Waals surface area contributed by atoms with Crippen molar-refractivity contribution >= 4 is 11.6 Å². The van der Waals surface area contributed by atoms with Crippen molar-refractivity contribution in [3.63, 3.8) is 0 Å². The normalized spacial score (nSPS) is 24.9. The highest BCUT2D eigenvalue weighted by molar-refractivity contribution is 5.67. The van der Waals surface area contributed by atoms with Crippen LogP contribution in [-0.2, 0) is 4.74 Å². The van der Waals surface area contributed by atoms with E-state index in [2.05, 4.69) is 27.8 Å². The van der Waals surface area contributed by atoms with Crippen molar-refractivity contribution in [1.82, 2.24) is 20.6 Å². The molecule has 3 aliphatic heterocycles. The van der Waals surface area contributed by atoms with E-state index in [4.69, 9.17) is 19.4 Å². The molecule has 184 valence electrons. The predicted octanol–water partition coefficient (Wildman–Crippen LogP) is 1.27. The van der Waals surface area contributed by atoms with Crippen molar-refractivity contribution in [3.05, 3.63) is 29.8 Å². The number of nitrogens with zero attached hydrogens (tertiary/aromatic N) is 3. The van der Waals surface area contributed by atoms with E-state index in [0.717, 1.165) is 62.0 Å². The first kappa shape index (κ1) is 23.3. The van der Waals surface area contributed by atoms with Gasteiger partial charge in [0.1, 0.15) is 30.1 Å². The third-order valence-electron chi connectivity index (χ3n) is 7.05. The van der Waals surface area contributed by atoms with Crippen LogP contribution in [0.2, 0.25) is 0 Å². The second-order valence-electron chi connectivity index (χ2n) is 9.68. The molecule has 0 bridgehead atoms. The van der Waals surface area contributed by atoms with Crippen LogP contribution in [0.3, 0.4) is 0 Å². The molecule has 34 heavy (non-hydrogen) atoms. The zero-order chi connectivity index (χ0) is 23.5. The molecule has 1 aromatic heterocycles. The third-order valence-corrected chi connectivity index (χ3v) is 7.05. The average molecular weight is 469 g/mol. The largest absolute Gasteiger partial charge is 0.491 e. The number of anilines is 2. The maximum absolute atomic E-state index is 9.98. The fraction of sp³-hybridized carbons (Fsp3) is 0.600. The Hall–Kier alpha value is -2.46. The predicted molar refractivity (Wildman–Crippen MR) is 133 cm³/mol. The van der Waals surface area contributed by atoms with Gasteiger partial charge in [-0.25, -0.2) is 9.97 Å². The maximum Gasteiger partial charge on any atom is 0.164 e. The van der Waals surface area contributed by atoms with E-state index in [9.17, 15) is 5.11 Å². The van der Waals surface area contributed by atoms with E-state index >= 15 is 0 Å². The Labute approximate surface area is 201 Å². The lowest BCUT2D eigenvalue weighted by Crippen LogP contribution is -2.29. The van der Waals surface area contributed by atoms with Gasteiger partial charge in [-0.1, -0.05) is 12.1 Å². The summed E-state index contributed by atoms with van der Waals surface area (Å²) in [6.45, 7) is 8.52. The molecule has 5 rings (SSSR count). The summed E-state index contributed by atoms with van der Waals surface area (Å²) in [5.41, 5.74) is 1.99. The van der Waals surface area contributed by atoms with Gasteiger partial charge in [0, 0.05) is 50.5 Å². The number of benzene rings is 1. The number of hydrogen-bond donors (Lipinski definition) is 4. The van der Waals surface area contributed by atoms with E-state index in [1.165, 1.54) is 0 Å². The van der Waals surface area contributed by atoms with Gasteiger partial charge < -0.3 is 35.4 Å². The van der Waals surface area contributed by atoms with E-state index in [-0.39, 0.29) is 12.6 Å². The molecular weight excluding hydrogens is 432 g/mol. The zero-order valence-corrected chi connectivity index (χ0v) is 20.1. The Bertz CT molecular complexity index is 971. The molecular formula is C25H36N6O3. The minimum atomic E-state index is -0.565. The molecule has 9 heteroatoms. The van der Waals surface area contributed by atoms with Crippen molar-refractivity contribution in [1.29, 1.82) is 0 Å². The topological polar surface area (TPSA) is 104 Å². The fourth-order valence-corrected chi connectivity index (χ4v) is 5.16. The summed E-state index contributed by atoms with van der Waals surface area (Å²) in [4.78, 5) is 12.4. The molecule has 1 aromatic carbocycles. The second kappa shape index (κ2) is 10.4. The van der Waals surface area contributed by atoms with Gasteiger partial charge in [-0.3, -0.25) is 0 Å². The monoisotopic (exact) mass is 468 g/mol. The van der Waals surface area contributed by atoms with Gasteiger partial charge in [0.25, 0.3) is 0 Å². The van der Waals surface area contributed by atoms with Crippen LogP contribution in [0, 0.1) is 18.8 Å². The molecule has 4 heterocycles. The van der Waals surface area contributed by atoms with Gasteiger partial charge in [-0.05, 0) is 44.4 Å². The molecule has 4 N–H and O–H groups in total. The van der Waals surface area contributed by atoms with Gasteiger partial charge in [-0.2, -0.15) is 0 Å². The van der Waals surface area contributed by atoms with E-state index in [1.807, 2.05) is 31.3 Å². The van der Waals surface area contributed by atoms with Gasteiger partial charge in [0.05, 0.1) is 12.6 Å². The summed E-state index contributed by atoms with van der Waals surface area (Å²) in [5.74, 6) is 4.62. The average Bonchev–Trinajstić information content (AvgIpc) is 3.58. The quantitative estimate of drug-likeness (QED) is 0.433. The summed E-state index contributed by atoms with van der Waals surface area (Å²) >= 11 is 0. The first-order valence-corrected chi connectivity index (χ1v) is 12.3. The molecule has 3 aliphatic rings. The smallest absolute Gasteiger partial charge is 0.164 e. The van der Waals surface area contributed by atoms with Crippen LogP contribution in [-0.4, -0.2) is 86.8 Å². The van der Waals surface area contributed by atoms with Crippen LogP contribution in [0.4, 0.5) is 11.6 Å². The number of hydrogen-bond acceptors (Lipinski definition) is 9. The molecule has 2 aromatic rings. The van der Waals surface area contributed by atoms with Crippen molar-refractivity contribution in [2.45, 2.75) is 25.5 Å². The lowest BCUT2D eigenvalue weighted by molar-refractivity contribution is 0.108. The minimum absolute atomic E-state index is 0.226. The van der Waals surface area contributed by atoms with Crippen LogP contribution in [0.1, 0.15) is 12.0 Å². The summed E-state index contributed by atoms with van der Waals surface area (Å²) < 4.78 is 11.4. The number of aromatic nitrogens is 2. The fourth-order valence-electron chi connectivity index (χ4n) is 5.16. The summed E-state index contributed by atoms with van der Waals surface area (Å²) in [7, 11) is 1.81. The molecule has 1 unspecified atom stereocenters. The lowest BCUT2D eigenvalue weighted by Gasteiger charge is -2.24. The Morgan fingerprint density at radius 1 is 1.26 bits per heavy atom. The molecule has 0 radical (unpaired) electrons. The van der Waals surface area contributed by atoms with Crippen molar-refractivity contribution < 1.29 is 14.6 Å².